The second kappa shape index (κ2) is 4.34. The van der Waals surface area contributed by atoms with Gasteiger partial charge < -0.3 is 10.6 Å². The van der Waals surface area contributed by atoms with Gasteiger partial charge in [0.15, 0.2) is 0 Å². The lowest BCUT2D eigenvalue weighted by Crippen LogP contribution is -2.57. The molecule has 1 aliphatic carbocycles. The molecule has 3 nitrogen and oxygen atoms in total. The molecule has 2 atom stereocenters. The third-order valence-electron chi connectivity index (χ3n) is 4.48. The number of nitrogens with zero attached hydrogens (tertiary/aromatic N) is 1. The molecule has 3 rings (SSSR count). The standard InChI is InChI=1S/C16H22N2O/c1-11-9-12-5-3-4-6-14(12)18(10-11)15(19)16(2,17)13-7-8-13/h3-6,11,13H,7-10,17H2,1-2H3. The number of hydrogen-bond donors (Lipinski definition) is 1. The Bertz CT molecular complexity index is 505. The molecular weight excluding hydrogens is 236 g/mol. The molecule has 3 heteroatoms. The predicted molar refractivity (Wildman–Crippen MR) is 77.0 cm³/mol. The number of benzene rings is 1. The van der Waals surface area contributed by atoms with Crippen LogP contribution in [0.3, 0.4) is 0 Å². The summed E-state index contributed by atoms with van der Waals surface area (Å²) in [5.74, 6) is 0.951. The van der Waals surface area contributed by atoms with Gasteiger partial charge in [0.1, 0.15) is 0 Å². The molecule has 2 unspecified atom stereocenters. The van der Waals surface area contributed by atoms with Gasteiger partial charge in [-0.2, -0.15) is 0 Å². The van der Waals surface area contributed by atoms with Gasteiger partial charge in [-0.15, -0.1) is 0 Å². The lowest BCUT2D eigenvalue weighted by molar-refractivity contribution is -0.124. The van der Waals surface area contributed by atoms with Crippen LogP contribution in [0.1, 0.15) is 32.3 Å². The Morgan fingerprint density at radius 2 is 2.05 bits per heavy atom. The molecule has 1 saturated carbocycles. The summed E-state index contributed by atoms with van der Waals surface area (Å²) in [5.41, 5.74) is 7.93. The SMILES string of the molecule is CC1Cc2ccccc2N(C(=O)C(C)(N)C2CC2)C1. The first-order valence-corrected chi connectivity index (χ1v) is 7.19. The molecule has 0 radical (unpaired) electrons. The molecule has 1 amide bonds. The number of para-hydroxylation sites is 1. The number of hydrogen-bond acceptors (Lipinski definition) is 2. The van der Waals surface area contributed by atoms with Crippen molar-refractivity contribution in [3.8, 4) is 0 Å². The van der Waals surface area contributed by atoms with Gasteiger partial charge >= 0.3 is 0 Å². The van der Waals surface area contributed by atoms with Crippen molar-refractivity contribution >= 4 is 11.6 Å². The maximum atomic E-state index is 12.8. The minimum Gasteiger partial charge on any atom is -0.317 e. The van der Waals surface area contributed by atoms with Crippen LogP contribution >= 0.6 is 0 Å². The zero-order valence-electron chi connectivity index (χ0n) is 11.7. The minimum absolute atomic E-state index is 0.0917. The first kappa shape index (κ1) is 12.7. The van der Waals surface area contributed by atoms with Crippen LogP contribution in [0.15, 0.2) is 24.3 Å². The first-order valence-electron chi connectivity index (χ1n) is 7.19. The summed E-state index contributed by atoms with van der Waals surface area (Å²) in [6.07, 6.45) is 3.22. The van der Waals surface area contributed by atoms with E-state index >= 15 is 0 Å². The van der Waals surface area contributed by atoms with Gasteiger partial charge in [-0.05, 0) is 49.7 Å². The Hall–Kier alpha value is -1.35. The van der Waals surface area contributed by atoms with Gasteiger partial charge in [0.05, 0.1) is 5.54 Å². The number of amides is 1. The molecule has 1 heterocycles. The highest BCUT2D eigenvalue weighted by atomic mass is 16.2. The van der Waals surface area contributed by atoms with E-state index in [9.17, 15) is 4.79 Å². The number of anilines is 1. The Labute approximate surface area is 114 Å². The van der Waals surface area contributed by atoms with E-state index in [1.54, 1.807) is 0 Å². The molecule has 1 aromatic rings. The molecule has 0 saturated heterocycles. The number of fused-ring (bicyclic) bond motifs is 1. The Morgan fingerprint density at radius 3 is 2.74 bits per heavy atom. The fourth-order valence-corrected chi connectivity index (χ4v) is 3.14. The smallest absolute Gasteiger partial charge is 0.247 e. The van der Waals surface area contributed by atoms with Crippen LogP contribution < -0.4 is 10.6 Å². The van der Waals surface area contributed by atoms with E-state index < -0.39 is 5.54 Å². The fraction of sp³-hybridized carbons (Fsp3) is 0.562. The van der Waals surface area contributed by atoms with E-state index in [2.05, 4.69) is 13.0 Å². The third kappa shape index (κ3) is 2.16. The van der Waals surface area contributed by atoms with Gasteiger partial charge in [-0.25, -0.2) is 0 Å². The third-order valence-corrected chi connectivity index (χ3v) is 4.48. The number of nitrogens with two attached hydrogens (primary N) is 1. The Balaban J connectivity index is 1.94. The van der Waals surface area contributed by atoms with Crippen molar-refractivity contribution in [1.29, 1.82) is 0 Å². The summed E-state index contributed by atoms with van der Waals surface area (Å²) in [6, 6.07) is 8.21. The van der Waals surface area contributed by atoms with Gasteiger partial charge in [-0.1, -0.05) is 25.1 Å². The molecule has 19 heavy (non-hydrogen) atoms. The topological polar surface area (TPSA) is 46.3 Å². The fourth-order valence-electron chi connectivity index (χ4n) is 3.14. The van der Waals surface area contributed by atoms with Crippen molar-refractivity contribution in [2.45, 2.75) is 38.6 Å². The largest absolute Gasteiger partial charge is 0.317 e. The molecule has 0 spiro atoms. The van der Waals surface area contributed by atoms with Crippen LogP contribution in [0.5, 0.6) is 0 Å². The Kier molecular flexibility index (Phi) is 2.90. The first-order chi connectivity index (χ1) is 9.00. The highest BCUT2D eigenvalue weighted by molar-refractivity contribution is 6.01. The van der Waals surface area contributed by atoms with E-state index in [1.807, 2.05) is 30.0 Å². The van der Waals surface area contributed by atoms with Crippen LogP contribution in [0, 0.1) is 11.8 Å². The van der Waals surface area contributed by atoms with Gasteiger partial charge in [0.25, 0.3) is 0 Å². The second-order valence-electron chi connectivity index (χ2n) is 6.41. The van der Waals surface area contributed by atoms with E-state index in [1.165, 1.54) is 5.56 Å². The summed E-state index contributed by atoms with van der Waals surface area (Å²) < 4.78 is 0. The van der Waals surface area contributed by atoms with Crippen LogP contribution in [0.25, 0.3) is 0 Å². The summed E-state index contributed by atoms with van der Waals surface area (Å²) in [6.45, 7) is 4.88. The quantitative estimate of drug-likeness (QED) is 0.885. The van der Waals surface area contributed by atoms with Gasteiger partial charge in [0.2, 0.25) is 5.91 Å². The highest BCUT2D eigenvalue weighted by Gasteiger charge is 2.47. The number of carbonyl (C=O) groups excluding carboxylic acids is 1. The molecule has 0 aromatic heterocycles. The monoisotopic (exact) mass is 258 g/mol. The maximum absolute atomic E-state index is 12.8. The van der Waals surface area contributed by atoms with Gasteiger partial charge in [-0.3, -0.25) is 4.79 Å². The predicted octanol–water partition coefficient (Wildman–Crippen LogP) is 2.34. The van der Waals surface area contributed by atoms with Crippen LogP contribution in [0.4, 0.5) is 5.69 Å². The zero-order valence-corrected chi connectivity index (χ0v) is 11.7. The minimum atomic E-state index is -0.704. The van der Waals surface area contributed by atoms with E-state index in [0.717, 1.165) is 31.5 Å². The second-order valence-corrected chi connectivity index (χ2v) is 6.41. The average molecular weight is 258 g/mol. The van der Waals surface area contributed by atoms with E-state index in [-0.39, 0.29) is 5.91 Å². The van der Waals surface area contributed by atoms with Crippen LogP contribution in [0.2, 0.25) is 0 Å². The van der Waals surface area contributed by atoms with Crippen molar-refractivity contribution < 1.29 is 4.79 Å². The van der Waals surface area contributed by atoms with Crippen LogP contribution in [-0.2, 0) is 11.2 Å². The molecule has 102 valence electrons. The lowest BCUT2D eigenvalue weighted by Gasteiger charge is -2.38. The summed E-state index contributed by atoms with van der Waals surface area (Å²) in [5, 5.41) is 0. The number of rotatable bonds is 2. The van der Waals surface area contributed by atoms with Crippen molar-refractivity contribution in [3.63, 3.8) is 0 Å². The normalized spacial score (nSPS) is 25.6. The van der Waals surface area contributed by atoms with Crippen molar-refractivity contribution in [1.82, 2.24) is 0 Å². The maximum Gasteiger partial charge on any atom is 0.247 e. The summed E-state index contributed by atoms with van der Waals surface area (Å²) in [7, 11) is 0. The van der Waals surface area contributed by atoms with Crippen molar-refractivity contribution in [3.05, 3.63) is 29.8 Å². The summed E-state index contributed by atoms with van der Waals surface area (Å²) >= 11 is 0. The molecule has 1 fully saturated rings. The summed E-state index contributed by atoms with van der Waals surface area (Å²) in [4.78, 5) is 14.7. The molecule has 2 N–H and O–H groups in total. The molecule has 2 aliphatic rings. The zero-order chi connectivity index (χ0) is 13.6. The molecule has 1 aliphatic heterocycles. The highest BCUT2D eigenvalue weighted by Crippen LogP contribution is 2.40. The lowest BCUT2D eigenvalue weighted by atomic mass is 9.89. The average Bonchev–Trinajstić information content (AvgIpc) is 3.21. The van der Waals surface area contributed by atoms with E-state index in [0.29, 0.717) is 11.8 Å². The van der Waals surface area contributed by atoms with Crippen molar-refractivity contribution in [2.75, 3.05) is 11.4 Å². The Morgan fingerprint density at radius 1 is 1.37 bits per heavy atom. The molecule has 0 bridgehead atoms. The van der Waals surface area contributed by atoms with Gasteiger partial charge in [0, 0.05) is 12.2 Å². The number of carbonyl (C=O) groups is 1. The molecular formula is C16H22N2O. The van der Waals surface area contributed by atoms with Crippen molar-refractivity contribution in [2.24, 2.45) is 17.6 Å². The van der Waals surface area contributed by atoms with E-state index in [4.69, 9.17) is 5.73 Å². The van der Waals surface area contributed by atoms with Crippen LogP contribution in [-0.4, -0.2) is 18.0 Å². The molecule has 1 aromatic carbocycles.